The summed E-state index contributed by atoms with van der Waals surface area (Å²) in [5.41, 5.74) is 5.92. The molecule has 208 valence electrons. The molecule has 15 heteroatoms. The summed E-state index contributed by atoms with van der Waals surface area (Å²) in [6, 6.07) is 9.61. The Bertz CT molecular complexity index is 1140. The van der Waals surface area contributed by atoms with E-state index in [2.05, 4.69) is 0 Å². The number of thiophene rings is 1. The summed E-state index contributed by atoms with van der Waals surface area (Å²) in [6.45, 7) is 1.31. The Morgan fingerprint density at radius 3 is 2.16 bits per heavy atom. The van der Waals surface area contributed by atoms with Gasteiger partial charge in [0.1, 0.15) is 23.0 Å². The lowest BCUT2D eigenvalue weighted by atomic mass is 10.0. The first-order valence-corrected chi connectivity index (χ1v) is 11.6. The first-order valence-electron chi connectivity index (χ1n) is 10.8. The van der Waals surface area contributed by atoms with Crippen molar-refractivity contribution >= 4 is 41.0 Å². The van der Waals surface area contributed by atoms with Gasteiger partial charge < -0.3 is 30.7 Å². The highest BCUT2D eigenvalue weighted by Gasteiger charge is 2.38. The van der Waals surface area contributed by atoms with Crippen LogP contribution in [0.1, 0.15) is 33.5 Å². The number of halogens is 3. The molecule has 0 aliphatic carbocycles. The molecule has 0 saturated heterocycles. The fourth-order valence-corrected chi connectivity index (χ4v) is 3.86. The van der Waals surface area contributed by atoms with Crippen molar-refractivity contribution in [1.82, 2.24) is 4.90 Å². The number of nitrogens with one attached hydrogen (secondary N) is 1. The van der Waals surface area contributed by atoms with E-state index in [0.29, 0.717) is 29.0 Å². The highest BCUT2D eigenvalue weighted by atomic mass is 32.1. The molecule has 0 saturated carbocycles. The van der Waals surface area contributed by atoms with Gasteiger partial charge in [0, 0.05) is 29.5 Å². The number of amidine groups is 1. The number of hydrogen-bond donors (Lipinski definition) is 5. The van der Waals surface area contributed by atoms with Crippen molar-refractivity contribution in [2.75, 3.05) is 19.7 Å². The zero-order chi connectivity index (χ0) is 29.0. The summed E-state index contributed by atoms with van der Waals surface area (Å²) in [5, 5.41) is 32.5. The fraction of sp³-hybridized carbons (Fsp3) is 0.348. The van der Waals surface area contributed by atoms with E-state index in [1.54, 1.807) is 43.3 Å². The molecule has 0 bridgehead atoms. The second-order valence-corrected chi connectivity index (χ2v) is 8.90. The number of rotatable bonds is 11. The van der Waals surface area contributed by atoms with E-state index in [1.807, 2.05) is 0 Å². The predicted octanol–water partition coefficient (Wildman–Crippen LogP) is 2.36. The highest BCUT2D eigenvalue weighted by Crippen LogP contribution is 2.23. The summed E-state index contributed by atoms with van der Waals surface area (Å²) in [7, 11) is 0. The Morgan fingerprint density at radius 1 is 1.11 bits per heavy atom. The Morgan fingerprint density at radius 2 is 1.68 bits per heavy atom. The van der Waals surface area contributed by atoms with E-state index >= 15 is 0 Å². The van der Waals surface area contributed by atoms with Crippen molar-refractivity contribution in [3.05, 3.63) is 51.7 Å². The number of carboxylic acid groups (broad SMARTS) is 2. The van der Waals surface area contributed by atoms with Gasteiger partial charge >= 0.3 is 24.1 Å². The number of nitrogens with two attached hydrogens (primary N) is 1. The summed E-state index contributed by atoms with van der Waals surface area (Å²) in [4.78, 5) is 47.3. The third-order valence-electron chi connectivity index (χ3n) is 4.63. The Balaban J connectivity index is 0.000000905. The molecule has 1 unspecified atom stereocenters. The summed E-state index contributed by atoms with van der Waals surface area (Å²) >= 11 is 1.20. The number of carbonyl (C=O) groups excluding carboxylic acids is 2. The lowest BCUT2D eigenvalue weighted by molar-refractivity contribution is -0.192. The third kappa shape index (κ3) is 11.0. The Kier molecular flexibility index (Phi) is 12.4. The number of aliphatic hydroxyl groups excluding tert-OH is 1. The second-order valence-electron chi connectivity index (χ2n) is 7.73. The number of nitrogens with zero attached hydrogens (tertiary/aromatic N) is 1. The maximum absolute atomic E-state index is 12.6. The molecular formula is C23H26F3N3O8S. The maximum Gasteiger partial charge on any atom is 0.490 e. The number of nitrogen functional groups attached to an aromatic ring is 1. The van der Waals surface area contributed by atoms with Crippen LogP contribution in [-0.4, -0.2) is 75.7 Å². The second kappa shape index (κ2) is 14.7. The van der Waals surface area contributed by atoms with Crippen molar-refractivity contribution < 1.29 is 52.4 Å². The zero-order valence-corrected chi connectivity index (χ0v) is 20.8. The van der Waals surface area contributed by atoms with E-state index in [1.165, 1.54) is 16.2 Å². The molecule has 0 radical (unpaired) electrons. The predicted molar refractivity (Wildman–Crippen MR) is 129 cm³/mol. The largest absolute Gasteiger partial charge is 0.490 e. The molecular weight excluding hydrogens is 535 g/mol. The molecule has 6 N–H and O–H groups in total. The maximum atomic E-state index is 12.6. The number of amides is 1. The summed E-state index contributed by atoms with van der Waals surface area (Å²) in [6.07, 6.45) is -4.44. The van der Waals surface area contributed by atoms with Crippen LogP contribution in [0, 0.1) is 11.3 Å². The molecule has 0 fully saturated rings. The fourth-order valence-electron chi connectivity index (χ4n) is 2.85. The van der Waals surface area contributed by atoms with Gasteiger partial charge in [0.05, 0.1) is 0 Å². The molecule has 0 aliphatic rings. The minimum atomic E-state index is -5.08. The standard InChI is InChI=1S/C21H25N3O6S.C2HF3O2/c1-13(20(28)24(9-2-10-25)12-18(26)27)11-16-7-8-17(31-16)21(29)30-15-5-3-14(4-6-15)19(22)23;3-2(4,5)1(6)7/h3-8,13,25H,2,9-12H2,1H3,(H3,22,23)(H,26,27);(H,6,7). The van der Waals surface area contributed by atoms with Gasteiger partial charge in [-0.25, -0.2) is 9.59 Å². The summed E-state index contributed by atoms with van der Waals surface area (Å²) < 4.78 is 37.1. The molecule has 1 atom stereocenters. The van der Waals surface area contributed by atoms with Gasteiger partial charge in [-0.1, -0.05) is 6.92 Å². The minimum Gasteiger partial charge on any atom is -0.480 e. The van der Waals surface area contributed by atoms with Crippen LogP contribution in [0.3, 0.4) is 0 Å². The smallest absolute Gasteiger partial charge is 0.480 e. The lowest BCUT2D eigenvalue weighted by Crippen LogP contribution is -2.40. The zero-order valence-electron chi connectivity index (χ0n) is 20.0. The van der Waals surface area contributed by atoms with Crippen molar-refractivity contribution in [2.45, 2.75) is 25.9 Å². The molecule has 0 spiro atoms. The number of aliphatic hydroxyl groups is 1. The monoisotopic (exact) mass is 561 g/mol. The van der Waals surface area contributed by atoms with Gasteiger partial charge in [-0.2, -0.15) is 13.2 Å². The Labute approximate surface area is 218 Å². The number of esters is 1. The van der Waals surface area contributed by atoms with Crippen LogP contribution in [0.5, 0.6) is 5.75 Å². The number of hydrogen-bond acceptors (Lipinski definition) is 8. The minimum absolute atomic E-state index is 0.0808. The van der Waals surface area contributed by atoms with Gasteiger partial charge in [0.25, 0.3) is 0 Å². The van der Waals surface area contributed by atoms with Crippen LogP contribution in [0.4, 0.5) is 13.2 Å². The molecule has 2 rings (SSSR count). The van der Waals surface area contributed by atoms with E-state index in [4.69, 9.17) is 36.0 Å². The van der Waals surface area contributed by atoms with E-state index in [0.717, 1.165) is 4.88 Å². The highest BCUT2D eigenvalue weighted by molar-refractivity contribution is 7.13. The number of benzene rings is 1. The molecule has 2 aromatic rings. The molecule has 1 aromatic heterocycles. The molecule has 0 aliphatic heterocycles. The number of carbonyl (C=O) groups is 4. The van der Waals surface area contributed by atoms with Crippen molar-refractivity contribution in [2.24, 2.45) is 11.7 Å². The number of ether oxygens (including phenoxy) is 1. The quantitative estimate of drug-likeness (QED) is 0.119. The van der Waals surface area contributed by atoms with Gasteiger partial charge in [-0.3, -0.25) is 15.0 Å². The third-order valence-corrected chi connectivity index (χ3v) is 5.72. The first kappa shape index (κ1) is 32.0. The van der Waals surface area contributed by atoms with E-state index < -0.39 is 36.5 Å². The molecule has 1 amide bonds. The normalized spacial score (nSPS) is 11.5. The summed E-state index contributed by atoms with van der Waals surface area (Å²) in [5.74, 6) is -4.98. The van der Waals surface area contributed by atoms with E-state index in [9.17, 15) is 27.6 Å². The van der Waals surface area contributed by atoms with Crippen LogP contribution < -0.4 is 10.5 Å². The average Bonchev–Trinajstić information content (AvgIpc) is 3.29. The SMILES string of the molecule is CC(Cc1ccc(C(=O)Oc2ccc(C(=N)N)cc2)s1)C(=O)N(CCCO)CC(=O)O.O=C(O)C(F)(F)F. The van der Waals surface area contributed by atoms with Crippen molar-refractivity contribution in [1.29, 1.82) is 5.41 Å². The van der Waals surface area contributed by atoms with Crippen LogP contribution >= 0.6 is 11.3 Å². The lowest BCUT2D eigenvalue weighted by Gasteiger charge is -2.23. The first-order chi connectivity index (χ1) is 17.6. The molecule has 1 aromatic carbocycles. The van der Waals surface area contributed by atoms with Gasteiger partial charge in [-0.05, 0) is 49.2 Å². The molecule has 38 heavy (non-hydrogen) atoms. The topological polar surface area (TPSA) is 191 Å². The number of carboxylic acids is 2. The van der Waals surface area contributed by atoms with E-state index in [-0.39, 0.29) is 24.9 Å². The average molecular weight is 562 g/mol. The van der Waals surface area contributed by atoms with Crippen LogP contribution in [0.2, 0.25) is 0 Å². The van der Waals surface area contributed by atoms with Crippen LogP contribution in [0.15, 0.2) is 36.4 Å². The molecule has 1 heterocycles. The van der Waals surface area contributed by atoms with Gasteiger partial charge in [0.2, 0.25) is 5.91 Å². The number of alkyl halides is 3. The van der Waals surface area contributed by atoms with Crippen LogP contribution in [0.25, 0.3) is 0 Å². The van der Waals surface area contributed by atoms with Crippen LogP contribution in [-0.2, 0) is 20.8 Å². The molecule has 11 nitrogen and oxygen atoms in total. The van der Waals surface area contributed by atoms with Crippen molar-refractivity contribution in [3.63, 3.8) is 0 Å². The Hall–Kier alpha value is -3.98. The van der Waals surface area contributed by atoms with Gasteiger partial charge in [0.15, 0.2) is 0 Å². The number of aliphatic carboxylic acids is 2. The van der Waals surface area contributed by atoms with Gasteiger partial charge in [-0.15, -0.1) is 11.3 Å². The van der Waals surface area contributed by atoms with Crippen molar-refractivity contribution in [3.8, 4) is 5.75 Å².